The van der Waals surface area contributed by atoms with Gasteiger partial charge in [0.05, 0.1) is 33.5 Å². The molecule has 0 amide bonds. The number of hydrogen-bond acceptors (Lipinski definition) is 6. The molecule has 4 heterocycles. The van der Waals surface area contributed by atoms with Gasteiger partial charge in [0.1, 0.15) is 17.5 Å². The first-order chi connectivity index (χ1) is 25.7. The van der Waals surface area contributed by atoms with Crippen molar-refractivity contribution in [1.82, 2.24) is 43.6 Å². The maximum absolute atomic E-state index is 5.32. The summed E-state index contributed by atoms with van der Waals surface area (Å²) >= 11 is 0. The molecule has 9 heteroatoms. The minimum Gasteiger partial charge on any atom is -0.260 e. The van der Waals surface area contributed by atoms with Gasteiger partial charge in [0, 0.05) is 22.6 Å². The highest BCUT2D eigenvalue weighted by atomic mass is 15.3. The van der Waals surface area contributed by atoms with Crippen molar-refractivity contribution in [2.45, 2.75) is 19.3 Å². The summed E-state index contributed by atoms with van der Waals surface area (Å²) in [4.78, 5) is 31.4. The lowest BCUT2D eigenvalue weighted by Crippen LogP contribution is -2.16. The Morgan fingerprint density at radius 3 is 1.33 bits per heavy atom. The van der Waals surface area contributed by atoms with Crippen LogP contribution < -0.4 is 0 Å². The fourth-order valence-corrected chi connectivity index (χ4v) is 7.11. The molecule has 1 aliphatic rings. The SMILES string of the molecule is CC1CC=Cc2c1nc(-c1ccccc1)n2-c1nc(-n2c(-c3ccccc3)nc3ccccc32)nc(-n2c(-c3ccccc3)nc3ccccc32)n1. The van der Waals surface area contributed by atoms with Crippen LogP contribution in [0.5, 0.6) is 0 Å². The molecule has 0 fully saturated rings. The maximum atomic E-state index is 5.32. The Kier molecular flexibility index (Phi) is 6.95. The van der Waals surface area contributed by atoms with E-state index >= 15 is 0 Å². The average Bonchev–Trinajstić information content (AvgIpc) is 3.91. The first kappa shape index (κ1) is 29.9. The fraction of sp³-hybridized carbons (Fsp3) is 0.0698. The lowest BCUT2D eigenvalue weighted by atomic mass is 9.97. The molecule has 1 unspecified atom stereocenters. The molecule has 0 N–H and O–H groups in total. The topological polar surface area (TPSA) is 92.1 Å². The monoisotopic (exact) mass is 673 g/mol. The van der Waals surface area contributed by atoms with Gasteiger partial charge in [0.25, 0.3) is 0 Å². The molecule has 10 rings (SSSR count). The van der Waals surface area contributed by atoms with Gasteiger partial charge in [-0.2, -0.15) is 15.0 Å². The number of benzene rings is 5. The van der Waals surface area contributed by atoms with Crippen LogP contribution in [0.3, 0.4) is 0 Å². The molecule has 9 aromatic rings. The van der Waals surface area contributed by atoms with Crippen LogP contribution in [0.15, 0.2) is 146 Å². The molecule has 1 aliphatic carbocycles. The summed E-state index contributed by atoms with van der Waals surface area (Å²) in [6.45, 7) is 2.21. The molecule has 0 aliphatic heterocycles. The molecule has 1 atom stereocenters. The number of allylic oxidation sites excluding steroid dienone is 1. The van der Waals surface area contributed by atoms with Crippen LogP contribution in [-0.2, 0) is 0 Å². The molecule has 0 bridgehead atoms. The zero-order valence-electron chi connectivity index (χ0n) is 28.2. The third kappa shape index (κ3) is 4.85. The molecule has 248 valence electrons. The number of para-hydroxylation sites is 4. The van der Waals surface area contributed by atoms with Crippen molar-refractivity contribution in [3.8, 4) is 52.0 Å². The summed E-state index contributed by atoms with van der Waals surface area (Å²) in [6, 6.07) is 46.7. The Morgan fingerprint density at radius 2 is 0.846 bits per heavy atom. The molecule has 52 heavy (non-hydrogen) atoms. The highest BCUT2D eigenvalue weighted by Gasteiger charge is 2.28. The van der Waals surface area contributed by atoms with Crippen LogP contribution in [0, 0.1) is 0 Å². The number of imidazole rings is 3. The van der Waals surface area contributed by atoms with Crippen LogP contribution in [0.2, 0.25) is 0 Å². The third-order valence-corrected chi connectivity index (χ3v) is 9.59. The van der Waals surface area contributed by atoms with Crippen LogP contribution >= 0.6 is 0 Å². The van der Waals surface area contributed by atoms with Crippen molar-refractivity contribution < 1.29 is 0 Å². The summed E-state index contributed by atoms with van der Waals surface area (Å²) < 4.78 is 6.14. The normalized spacial score (nSPS) is 13.9. The van der Waals surface area contributed by atoms with Crippen molar-refractivity contribution >= 4 is 28.1 Å². The highest BCUT2D eigenvalue weighted by molar-refractivity contribution is 5.84. The van der Waals surface area contributed by atoms with Crippen molar-refractivity contribution in [2.24, 2.45) is 0 Å². The van der Waals surface area contributed by atoms with Crippen molar-refractivity contribution in [2.75, 3.05) is 0 Å². The Morgan fingerprint density at radius 1 is 0.442 bits per heavy atom. The molecule has 5 aromatic carbocycles. The van der Waals surface area contributed by atoms with E-state index < -0.39 is 0 Å². The van der Waals surface area contributed by atoms with Crippen LogP contribution in [0.25, 0.3) is 80.2 Å². The highest BCUT2D eigenvalue weighted by Crippen LogP contribution is 2.36. The minimum atomic E-state index is 0.231. The Bertz CT molecular complexity index is 2640. The van der Waals surface area contributed by atoms with E-state index in [9.17, 15) is 0 Å². The van der Waals surface area contributed by atoms with E-state index in [2.05, 4.69) is 72.2 Å². The predicted octanol–water partition coefficient (Wildman–Crippen LogP) is 9.26. The Hall–Kier alpha value is -7.00. The van der Waals surface area contributed by atoms with Gasteiger partial charge in [-0.1, -0.05) is 128 Å². The number of fused-ring (bicyclic) bond motifs is 3. The first-order valence-electron chi connectivity index (χ1n) is 17.4. The quantitative estimate of drug-likeness (QED) is 0.175. The lowest BCUT2D eigenvalue weighted by Gasteiger charge is -2.17. The Balaban J connectivity index is 1.33. The maximum Gasteiger partial charge on any atom is 0.242 e. The van der Waals surface area contributed by atoms with Crippen molar-refractivity contribution in [3.63, 3.8) is 0 Å². The molecule has 4 aromatic heterocycles. The summed E-state index contributed by atoms with van der Waals surface area (Å²) in [6.07, 6.45) is 5.26. The number of hydrogen-bond donors (Lipinski definition) is 0. The number of aromatic nitrogens is 9. The van der Waals surface area contributed by atoms with Gasteiger partial charge in [0.2, 0.25) is 17.8 Å². The van der Waals surface area contributed by atoms with E-state index in [-0.39, 0.29) is 5.92 Å². The Labute approximate surface area is 299 Å². The van der Waals surface area contributed by atoms with E-state index in [1.165, 1.54) is 0 Å². The van der Waals surface area contributed by atoms with Gasteiger partial charge in [-0.15, -0.1) is 0 Å². The molecular weight excluding hydrogens is 643 g/mol. The van der Waals surface area contributed by atoms with Crippen molar-refractivity contribution in [1.29, 1.82) is 0 Å². The molecule has 0 spiro atoms. The zero-order valence-corrected chi connectivity index (χ0v) is 28.2. The van der Waals surface area contributed by atoms with E-state index in [0.717, 1.165) is 74.0 Å². The third-order valence-electron chi connectivity index (χ3n) is 9.59. The van der Waals surface area contributed by atoms with Gasteiger partial charge in [-0.05, 0) is 36.8 Å². The van der Waals surface area contributed by atoms with Crippen LogP contribution in [-0.4, -0.2) is 43.6 Å². The standard InChI is InChI=1S/C43H31N9/c1-28-16-15-27-36-37(28)46-40(31-21-9-4-10-22-31)52(36)43-48-41(50-34-25-13-11-23-32(34)44-38(50)29-17-5-2-6-18-29)47-42(49-43)51-35-26-14-12-24-33(35)45-39(51)30-19-7-3-8-20-30/h2-15,17-28H,16H2,1H3. The van der Waals surface area contributed by atoms with Crippen LogP contribution in [0.4, 0.5) is 0 Å². The lowest BCUT2D eigenvalue weighted by molar-refractivity contribution is 0.742. The summed E-state index contributed by atoms with van der Waals surface area (Å²) in [5, 5.41) is 0. The smallest absolute Gasteiger partial charge is 0.242 e. The average molecular weight is 674 g/mol. The van der Waals surface area contributed by atoms with E-state index in [1.54, 1.807) is 0 Å². The second kappa shape index (κ2) is 12.1. The minimum absolute atomic E-state index is 0.231. The summed E-state index contributed by atoms with van der Waals surface area (Å²) in [5.41, 5.74) is 8.27. The van der Waals surface area contributed by atoms with Gasteiger partial charge >= 0.3 is 0 Å². The second-order valence-corrected chi connectivity index (χ2v) is 12.9. The predicted molar refractivity (Wildman–Crippen MR) is 205 cm³/mol. The zero-order chi connectivity index (χ0) is 34.6. The largest absolute Gasteiger partial charge is 0.260 e. The van der Waals surface area contributed by atoms with Gasteiger partial charge < -0.3 is 0 Å². The summed E-state index contributed by atoms with van der Waals surface area (Å²) in [5.74, 6) is 3.76. The van der Waals surface area contributed by atoms with E-state index in [4.69, 9.17) is 29.9 Å². The number of nitrogens with zero attached hydrogens (tertiary/aromatic N) is 9. The van der Waals surface area contributed by atoms with Crippen LogP contribution in [0.1, 0.15) is 30.7 Å². The molecular formula is C43H31N9. The molecule has 0 radical (unpaired) electrons. The molecule has 0 saturated carbocycles. The van der Waals surface area contributed by atoms with E-state index in [1.807, 2.05) is 100 Å². The second-order valence-electron chi connectivity index (χ2n) is 12.9. The first-order valence-corrected chi connectivity index (χ1v) is 17.4. The van der Waals surface area contributed by atoms with Crippen molar-refractivity contribution in [3.05, 3.63) is 157 Å². The van der Waals surface area contributed by atoms with Gasteiger partial charge in [-0.25, -0.2) is 15.0 Å². The molecule has 0 saturated heterocycles. The number of rotatable bonds is 6. The molecule has 9 nitrogen and oxygen atoms in total. The summed E-state index contributed by atoms with van der Waals surface area (Å²) in [7, 11) is 0. The van der Waals surface area contributed by atoms with Gasteiger partial charge in [-0.3, -0.25) is 13.7 Å². The fourth-order valence-electron chi connectivity index (χ4n) is 7.11. The van der Waals surface area contributed by atoms with Gasteiger partial charge in [0.15, 0.2) is 0 Å². The van der Waals surface area contributed by atoms with E-state index in [0.29, 0.717) is 17.8 Å².